The molecular weight excluding hydrogens is 763 g/mol. The highest BCUT2D eigenvalue weighted by atomic mass is 16.5. The molecule has 14 heteroatoms. The summed E-state index contributed by atoms with van der Waals surface area (Å²) in [7, 11) is 1.36. The van der Waals surface area contributed by atoms with Crippen LogP contribution < -0.4 is 15.5 Å². The molecule has 4 aromatic rings. The van der Waals surface area contributed by atoms with E-state index in [9.17, 15) is 19.2 Å². The first-order valence-corrected chi connectivity index (χ1v) is 20.7. The molecule has 0 bridgehead atoms. The van der Waals surface area contributed by atoms with E-state index in [-0.39, 0.29) is 30.4 Å². The number of ketones is 1. The number of nitrogens with two attached hydrogens (primary N) is 1. The van der Waals surface area contributed by atoms with Crippen molar-refractivity contribution in [2.45, 2.75) is 25.2 Å². The predicted octanol–water partition coefficient (Wildman–Crippen LogP) is 4.59. The Morgan fingerprint density at radius 3 is 1.28 bits per heavy atom. The van der Waals surface area contributed by atoms with Gasteiger partial charge in [-0.1, -0.05) is 72.8 Å². The summed E-state index contributed by atoms with van der Waals surface area (Å²) >= 11 is 0. The second kappa shape index (κ2) is 20.6. The number of carbonyl (C=O) groups excluding carboxylic acids is 4. The van der Waals surface area contributed by atoms with Gasteiger partial charge in [0.15, 0.2) is 5.78 Å². The van der Waals surface area contributed by atoms with Crippen LogP contribution in [-0.4, -0.2) is 148 Å². The zero-order valence-electron chi connectivity index (χ0n) is 34.3. The quantitative estimate of drug-likeness (QED) is 0.169. The van der Waals surface area contributed by atoms with Crippen LogP contribution in [0.5, 0.6) is 0 Å². The van der Waals surface area contributed by atoms with E-state index in [2.05, 4.69) is 9.80 Å². The van der Waals surface area contributed by atoms with Crippen molar-refractivity contribution < 1.29 is 33.4 Å². The summed E-state index contributed by atoms with van der Waals surface area (Å²) in [5, 5.41) is 0. The highest BCUT2D eigenvalue weighted by Gasteiger charge is 2.33. The molecule has 0 aliphatic carbocycles. The van der Waals surface area contributed by atoms with E-state index >= 15 is 0 Å². The molecule has 4 heterocycles. The van der Waals surface area contributed by atoms with Crippen LogP contribution in [0, 0.1) is 0 Å². The molecule has 14 nitrogen and oxygen atoms in total. The Bertz CT molecular complexity index is 1870. The number of para-hydroxylation sites is 2. The van der Waals surface area contributed by atoms with E-state index < -0.39 is 0 Å². The standard InChI is InChI=1S/C23H28N4O3.C23H27N3O4/c24-14-22(28)19-8-6-18(7-9-19)15-27(20-4-2-1-3-5-20)23(29)26-12-10-25(11-13-26)21-16-30-17-21;1-29-22(27)19-9-7-18(8-10-19)15-26(20-5-3-2-4-6-20)23(28)25-13-11-24(12-14-25)21-16-30-17-21/h1-9,21H,10-17,24H2;2-10,21H,11-17H2,1H3. The Labute approximate surface area is 351 Å². The average molecular weight is 818 g/mol. The molecule has 8 rings (SSSR count). The van der Waals surface area contributed by atoms with Gasteiger partial charge in [0.05, 0.1) is 70.8 Å². The Morgan fingerprint density at radius 1 is 0.567 bits per heavy atom. The van der Waals surface area contributed by atoms with Gasteiger partial charge < -0.3 is 29.7 Å². The molecule has 0 atom stereocenters. The number of benzene rings is 4. The normalized spacial score (nSPS) is 17.4. The Kier molecular flexibility index (Phi) is 14.6. The lowest BCUT2D eigenvalue weighted by Crippen LogP contribution is -2.59. The summed E-state index contributed by atoms with van der Waals surface area (Å²) in [6.07, 6.45) is 0. The summed E-state index contributed by atoms with van der Waals surface area (Å²) in [4.78, 5) is 62.6. The van der Waals surface area contributed by atoms with E-state index in [1.54, 1.807) is 29.2 Å². The molecule has 4 aliphatic heterocycles. The molecular formula is C46H55N7O7. The molecule has 0 saturated carbocycles. The number of Topliss-reactive ketones (excluding diaryl/α,β-unsaturated/α-hetero) is 1. The lowest BCUT2D eigenvalue weighted by atomic mass is 10.1. The minimum atomic E-state index is -0.368. The molecule has 0 unspecified atom stereocenters. The molecule has 4 saturated heterocycles. The van der Waals surface area contributed by atoms with E-state index in [0.29, 0.717) is 62.5 Å². The number of amides is 4. The maximum absolute atomic E-state index is 13.4. The van der Waals surface area contributed by atoms with Crippen LogP contribution in [0.3, 0.4) is 0 Å². The second-order valence-electron chi connectivity index (χ2n) is 15.3. The summed E-state index contributed by atoms with van der Waals surface area (Å²) in [6.45, 7) is 10.4. The Balaban J connectivity index is 0.000000181. The highest BCUT2D eigenvalue weighted by molar-refractivity contribution is 5.97. The number of piperazine rings is 2. The summed E-state index contributed by atoms with van der Waals surface area (Å²) in [5.41, 5.74) is 10.2. The van der Waals surface area contributed by atoms with E-state index in [4.69, 9.17) is 19.9 Å². The van der Waals surface area contributed by atoms with Crippen LogP contribution in [0.25, 0.3) is 0 Å². The van der Waals surface area contributed by atoms with Gasteiger partial charge in [-0.25, -0.2) is 14.4 Å². The van der Waals surface area contributed by atoms with Crippen molar-refractivity contribution in [1.82, 2.24) is 19.6 Å². The number of esters is 1. The van der Waals surface area contributed by atoms with Crippen molar-refractivity contribution in [3.8, 4) is 0 Å². The van der Waals surface area contributed by atoms with Gasteiger partial charge in [0.2, 0.25) is 0 Å². The van der Waals surface area contributed by atoms with E-state index in [0.717, 1.165) is 75.1 Å². The summed E-state index contributed by atoms with van der Waals surface area (Å²) < 4.78 is 15.4. The maximum Gasteiger partial charge on any atom is 0.337 e. The molecule has 4 aliphatic rings. The largest absolute Gasteiger partial charge is 0.465 e. The zero-order valence-corrected chi connectivity index (χ0v) is 34.3. The monoisotopic (exact) mass is 817 g/mol. The number of urea groups is 2. The van der Waals surface area contributed by atoms with Gasteiger partial charge in [0, 0.05) is 69.3 Å². The van der Waals surface area contributed by atoms with Crippen molar-refractivity contribution in [1.29, 1.82) is 0 Å². The fourth-order valence-electron chi connectivity index (χ4n) is 7.66. The van der Waals surface area contributed by atoms with Crippen molar-refractivity contribution in [3.05, 3.63) is 131 Å². The molecule has 4 amide bonds. The molecule has 4 aromatic carbocycles. The predicted molar refractivity (Wildman–Crippen MR) is 229 cm³/mol. The summed E-state index contributed by atoms with van der Waals surface area (Å²) in [5.74, 6) is -0.459. The van der Waals surface area contributed by atoms with Crippen molar-refractivity contribution in [2.75, 3.05) is 102 Å². The number of ether oxygens (including phenoxy) is 3. The molecule has 316 valence electrons. The fourth-order valence-corrected chi connectivity index (χ4v) is 7.66. The van der Waals surface area contributed by atoms with Gasteiger partial charge >= 0.3 is 18.0 Å². The van der Waals surface area contributed by atoms with Crippen molar-refractivity contribution >= 4 is 35.2 Å². The third kappa shape index (κ3) is 10.6. The smallest absolute Gasteiger partial charge is 0.337 e. The lowest BCUT2D eigenvalue weighted by molar-refractivity contribution is -0.0738. The Morgan fingerprint density at radius 2 is 0.950 bits per heavy atom. The average Bonchev–Trinajstić information content (AvgIpc) is 3.27. The van der Waals surface area contributed by atoms with Crippen molar-refractivity contribution in [2.24, 2.45) is 5.73 Å². The van der Waals surface area contributed by atoms with Gasteiger partial charge in [-0.2, -0.15) is 0 Å². The minimum Gasteiger partial charge on any atom is -0.465 e. The van der Waals surface area contributed by atoms with Crippen molar-refractivity contribution in [3.63, 3.8) is 0 Å². The molecule has 0 aromatic heterocycles. The van der Waals surface area contributed by atoms with E-state index in [1.165, 1.54) is 7.11 Å². The first kappa shape index (κ1) is 42.5. The number of hydrogen-bond donors (Lipinski definition) is 1. The molecule has 0 radical (unpaired) electrons. The van der Waals surface area contributed by atoms with Crippen LogP contribution in [0.4, 0.5) is 21.0 Å². The van der Waals surface area contributed by atoms with Crippen LogP contribution in [0.2, 0.25) is 0 Å². The topological polar surface area (TPSA) is 141 Å². The van der Waals surface area contributed by atoms with Gasteiger partial charge in [0.1, 0.15) is 0 Å². The number of anilines is 2. The van der Waals surface area contributed by atoms with Crippen LogP contribution in [-0.2, 0) is 27.3 Å². The van der Waals surface area contributed by atoms with Gasteiger partial charge in [0.25, 0.3) is 0 Å². The zero-order chi connectivity index (χ0) is 41.8. The lowest BCUT2D eigenvalue weighted by Gasteiger charge is -2.43. The molecule has 60 heavy (non-hydrogen) atoms. The first-order valence-electron chi connectivity index (χ1n) is 20.7. The van der Waals surface area contributed by atoms with Gasteiger partial charge in [-0.15, -0.1) is 0 Å². The Hall–Kier alpha value is -5.64. The third-order valence-electron chi connectivity index (χ3n) is 11.6. The molecule has 0 spiro atoms. The number of carbonyl (C=O) groups is 4. The molecule has 2 N–H and O–H groups in total. The van der Waals surface area contributed by atoms with Gasteiger partial charge in [-0.3, -0.25) is 24.4 Å². The number of nitrogens with zero attached hydrogens (tertiary/aromatic N) is 6. The number of methoxy groups -OCH3 is 1. The highest BCUT2D eigenvalue weighted by Crippen LogP contribution is 2.23. The third-order valence-corrected chi connectivity index (χ3v) is 11.6. The van der Waals surface area contributed by atoms with Gasteiger partial charge in [-0.05, 0) is 47.5 Å². The second-order valence-corrected chi connectivity index (χ2v) is 15.3. The molecule has 4 fully saturated rings. The fraction of sp³-hybridized carbons (Fsp3) is 0.391. The number of rotatable bonds is 11. The summed E-state index contributed by atoms with van der Waals surface area (Å²) in [6, 6.07) is 35.0. The first-order chi connectivity index (χ1) is 29.3. The van der Waals surface area contributed by atoms with Crippen LogP contribution in [0.1, 0.15) is 31.8 Å². The SMILES string of the molecule is COC(=O)c1ccc(CN(C(=O)N2CCN(C3COC3)CC2)c2ccccc2)cc1.NCC(=O)c1ccc(CN(C(=O)N2CCN(C3COC3)CC2)c2ccccc2)cc1. The number of hydrogen-bond acceptors (Lipinski definition) is 10. The van der Waals surface area contributed by atoms with Crippen LogP contribution in [0.15, 0.2) is 109 Å². The minimum absolute atomic E-state index is 0.00255. The van der Waals surface area contributed by atoms with Crippen LogP contribution >= 0.6 is 0 Å². The maximum atomic E-state index is 13.4. The van der Waals surface area contributed by atoms with E-state index in [1.807, 2.05) is 99.6 Å².